The lowest BCUT2D eigenvalue weighted by Gasteiger charge is -2.18. The molecule has 0 saturated heterocycles. The Balaban J connectivity index is 3.23. The molecule has 5 nitrogen and oxygen atoms in total. The summed E-state index contributed by atoms with van der Waals surface area (Å²) in [6, 6.07) is 1.60. The number of halogens is 2. The first-order chi connectivity index (χ1) is 9.57. The number of benzene rings is 1. The number of aromatic carboxylic acids is 1. The minimum Gasteiger partial charge on any atom is -0.478 e. The summed E-state index contributed by atoms with van der Waals surface area (Å²) in [7, 11) is -2.59. The van der Waals surface area contributed by atoms with Crippen LogP contribution >= 0.6 is 11.6 Å². The fourth-order valence-electron chi connectivity index (χ4n) is 1.61. The molecule has 1 rings (SSSR count). The summed E-state index contributed by atoms with van der Waals surface area (Å²) in [5.74, 6) is -2.26. The molecule has 0 aromatic heterocycles. The van der Waals surface area contributed by atoms with Crippen molar-refractivity contribution < 1.29 is 22.7 Å². The second-order valence-corrected chi connectivity index (χ2v) is 7.50. The highest BCUT2D eigenvalue weighted by Gasteiger charge is 2.25. The van der Waals surface area contributed by atoms with Crippen LogP contribution in [-0.4, -0.2) is 37.4 Å². The highest BCUT2D eigenvalue weighted by molar-refractivity contribution is 7.89. The van der Waals surface area contributed by atoms with Crippen LogP contribution in [0, 0.1) is 11.7 Å². The van der Waals surface area contributed by atoms with E-state index in [1.807, 2.05) is 13.8 Å². The second kappa shape index (κ2) is 6.72. The van der Waals surface area contributed by atoms with Crippen LogP contribution in [0.2, 0.25) is 5.02 Å². The fourth-order valence-corrected chi connectivity index (χ4v) is 3.02. The summed E-state index contributed by atoms with van der Waals surface area (Å²) in [6.45, 7) is 4.16. The minimum absolute atomic E-state index is 0.257. The number of hydrogen-bond acceptors (Lipinski definition) is 3. The fraction of sp³-hybridized carbons (Fsp3) is 0.462. The molecule has 0 aliphatic carbocycles. The number of hydrogen-bond donors (Lipinski definition) is 1. The van der Waals surface area contributed by atoms with Gasteiger partial charge in [-0.3, -0.25) is 0 Å². The van der Waals surface area contributed by atoms with Gasteiger partial charge in [0, 0.05) is 13.6 Å². The van der Waals surface area contributed by atoms with Crippen LogP contribution in [0.3, 0.4) is 0 Å². The third-order valence-corrected chi connectivity index (χ3v) is 5.18. The molecule has 0 radical (unpaired) electrons. The van der Waals surface area contributed by atoms with Crippen molar-refractivity contribution in [1.29, 1.82) is 0 Å². The summed E-state index contributed by atoms with van der Waals surface area (Å²) in [5.41, 5.74) is -0.576. The van der Waals surface area contributed by atoms with Crippen LogP contribution in [0.25, 0.3) is 0 Å². The van der Waals surface area contributed by atoms with Crippen molar-refractivity contribution in [2.75, 3.05) is 13.6 Å². The standard InChI is InChI=1S/C13H17ClFNO4S/c1-8(2)4-5-16(3)21(19,20)9-6-10(13(17)18)12(14)11(15)7-9/h6-8H,4-5H2,1-3H3,(H,17,18). The summed E-state index contributed by atoms with van der Waals surface area (Å²) in [6.07, 6.45) is 0.636. The maximum atomic E-state index is 13.6. The van der Waals surface area contributed by atoms with Gasteiger partial charge in [0.2, 0.25) is 10.0 Å². The molecule has 0 aliphatic rings. The Kier molecular flexibility index (Phi) is 5.72. The van der Waals surface area contributed by atoms with Gasteiger partial charge in [-0.05, 0) is 24.5 Å². The van der Waals surface area contributed by atoms with Crippen LogP contribution in [0.15, 0.2) is 17.0 Å². The number of rotatable bonds is 6. The lowest BCUT2D eigenvalue weighted by atomic mass is 10.1. The molecule has 1 N–H and O–H groups in total. The van der Waals surface area contributed by atoms with Crippen LogP contribution in [0.5, 0.6) is 0 Å². The van der Waals surface area contributed by atoms with Gasteiger partial charge in [0.1, 0.15) is 5.82 Å². The lowest BCUT2D eigenvalue weighted by molar-refractivity contribution is 0.0696. The Morgan fingerprint density at radius 1 is 1.43 bits per heavy atom. The first-order valence-electron chi connectivity index (χ1n) is 6.26. The Morgan fingerprint density at radius 3 is 2.48 bits per heavy atom. The van der Waals surface area contributed by atoms with Crippen molar-refractivity contribution in [1.82, 2.24) is 4.31 Å². The average Bonchev–Trinajstić information content (AvgIpc) is 2.38. The predicted octanol–water partition coefficient (Wildman–Crippen LogP) is 2.84. The molecule has 0 bridgehead atoms. The molecule has 0 unspecified atom stereocenters. The summed E-state index contributed by atoms with van der Waals surface area (Å²) in [4.78, 5) is 10.6. The molecule has 1 aromatic rings. The summed E-state index contributed by atoms with van der Waals surface area (Å²) in [5, 5.41) is 8.33. The second-order valence-electron chi connectivity index (χ2n) is 5.08. The first-order valence-corrected chi connectivity index (χ1v) is 8.07. The zero-order chi connectivity index (χ0) is 16.4. The smallest absolute Gasteiger partial charge is 0.337 e. The van der Waals surface area contributed by atoms with Gasteiger partial charge in [-0.25, -0.2) is 21.9 Å². The van der Waals surface area contributed by atoms with Gasteiger partial charge < -0.3 is 5.11 Å². The van der Waals surface area contributed by atoms with Crippen molar-refractivity contribution in [3.8, 4) is 0 Å². The van der Waals surface area contributed by atoms with Gasteiger partial charge in [0.05, 0.1) is 15.5 Å². The normalized spacial score (nSPS) is 12.1. The number of carboxylic acid groups (broad SMARTS) is 1. The van der Waals surface area contributed by atoms with E-state index in [1.54, 1.807) is 0 Å². The van der Waals surface area contributed by atoms with E-state index in [4.69, 9.17) is 16.7 Å². The average molecular weight is 338 g/mol. The van der Waals surface area contributed by atoms with Gasteiger partial charge in [-0.15, -0.1) is 0 Å². The molecule has 0 fully saturated rings. The van der Waals surface area contributed by atoms with Gasteiger partial charge in [-0.2, -0.15) is 0 Å². The molecule has 0 amide bonds. The Labute approximate surface area is 128 Å². The monoisotopic (exact) mass is 337 g/mol. The van der Waals surface area contributed by atoms with Crippen molar-refractivity contribution in [2.24, 2.45) is 5.92 Å². The Morgan fingerprint density at radius 2 is 2.00 bits per heavy atom. The van der Waals surface area contributed by atoms with Gasteiger partial charge in [0.15, 0.2) is 0 Å². The van der Waals surface area contributed by atoms with Gasteiger partial charge in [0.25, 0.3) is 0 Å². The minimum atomic E-state index is -3.96. The lowest BCUT2D eigenvalue weighted by Crippen LogP contribution is -2.29. The van der Waals surface area contributed by atoms with E-state index in [0.717, 1.165) is 16.4 Å². The largest absolute Gasteiger partial charge is 0.478 e. The molecule has 8 heteroatoms. The van der Waals surface area contributed by atoms with Gasteiger partial charge >= 0.3 is 5.97 Å². The molecule has 0 atom stereocenters. The predicted molar refractivity (Wildman–Crippen MR) is 77.6 cm³/mol. The van der Waals surface area contributed by atoms with Crippen molar-refractivity contribution in [2.45, 2.75) is 25.2 Å². The van der Waals surface area contributed by atoms with Crippen molar-refractivity contribution in [3.63, 3.8) is 0 Å². The number of nitrogens with zero attached hydrogens (tertiary/aromatic N) is 1. The zero-order valence-electron chi connectivity index (χ0n) is 11.9. The number of sulfonamides is 1. The number of carboxylic acids is 1. The third-order valence-electron chi connectivity index (χ3n) is 2.96. The quantitative estimate of drug-likeness (QED) is 0.866. The molecule has 0 saturated carbocycles. The van der Waals surface area contributed by atoms with E-state index in [2.05, 4.69) is 0 Å². The highest BCUT2D eigenvalue weighted by atomic mass is 35.5. The molecule has 118 valence electrons. The van der Waals surface area contributed by atoms with E-state index in [9.17, 15) is 17.6 Å². The topological polar surface area (TPSA) is 74.7 Å². The van der Waals surface area contributed by atoms with Gasteiger partial charge in [-0.1, -0.05) is 25.4 Å². The van der Waals surface area contributed by atoms with Crippen LogP contribution in [0.4, 0.5) is 4.39 Å². The van der Waals surface area contributed by atoms with E-state index in [-0.39, 0.29) is 6.54 Å². The SMILES string of the molecule is CC(C)CCN(C)S(=O)(=O)c1cc(F)c(Cl)c(C(=O)O)c1. The maximum Gasteiger partial charge on any atom is 0.337 e. The molecule has 0 spiro atoms. The summed E-state index contributed by atoms with van der Waals surface area (Å²) >= 11 is 5.53. The molecule has 0 aliphatic heterocycles. The molecule has 0 heterocycles. The maximum absolute atomic E-state index is 13.6. The molecular formula is C13H17ClFNO4S. The number of carbonyl (C=O) groups is 1. The highest BCUT2D eigenvalue weighted by Crippen LogP contribution is 2.26. The van der Waals surface area contributed by atoms with E-state index >= 15 is 0 Å². The van der Waals surface area contributed by atoms with E-state index < -0.39 is 37.3 Å². The van der Waals surface area contributed by atoms with E-state index in [0.29, 0.717) is 12.3 Å². The zero-order valence-corrected chi connectivity index (χ0v) is 13.5. The van der Waals surface area contributed by atoms with Crippen LogP contribution in [0.1, 0.15) is 30.6 Å². The Hall–Kier alpha value is -1.18. The Bertz CT molecular complexity index is 646. The third kappa shape index (κ3) is 4.15. The van der Waals surface area contributed by atoms with Crippen LogP contribution < -0.4 is 0 Å². The van der Waals surface area contributed by atoms with Crippen molar-refractivity contribution in [3.05, 3.63) is 28.5 Å². The molecular weight excluding hydrogens is 321 g/mol. The summed E-state index contributed by atoms with van der Waals surface area (Å²) < 4.78 is 39.3. The van der Waals surface area contributed by atoms with E-state index in [1.165, 1.54) is 7.05 Å². The molecule has 21 heavy (non-hydrogen) atoms. The van der Waals surface area contributed by atoms with Crippen molar-refractivity contribution >= 4 is 27.6 Å². The van der Waals surface area contributed by atoms with Crippen LogP contribution in [-0.2, 0) is 10.0 Å². The molecule has 1 aromatic carbocycles. The first kappa shape index (κ1) is 17.9.